The first kappa shape index (κ1) is 48.1. The molecule has 1 aliphatic rings. The van der Waals surface area contributed by atoms with Crippen LogP contribution >= 0.6 is 0 Å². The van der Waals surface area contributed by atoms with Crippen molar-refractivity contribution in [2.24, 2.45) is 11.5 Å². The number of hydrogen-bond acceptors (Lipinski definition) is 12. The minimum atomic E-state index is -1.42. The van der Waals surface area contributed by atoms with Crippen molar-refractivity contribution < 1.29 is 33.8 Å². The maximum absolute atomic E-state index is 14.6. The molecule has 0 saturated heterocycles. The third kappa shape index (κ3) is 11.8. The zero-order valence-electron chi connectivity index (χ0n) is 37.0. The van der Waals surface area contributed by atoms with Crippen molar-refractivity contribution in [1.29, 1.82) is 5.26 Å². The molecular weight excluding hydrogens is 817 g/mol. The molecule has 0 spiro atoms. The summed E-state index contributed by atoms with van der Waals surface area (Å²) < 4.78 is 5.98. The number of nitrogens with two attached hydrogens (primary N) is 2. The summed E-state index contributed by atoms with van der Waals surface area (Å²) in [5.41, 5.74) is 16.2. The Kier molecular flexibility index (Phi) is 16.9. The first-order chi connectivity index (χ1) is 30.7. The quantitative estimate of drug-likeness (QED) is 0.0633. The van der Waals surface area contributed by atoms with E-state index in [9.17, 15) is 29.1 Å². The number of phenols is 1. The van der Waals surface area contributed by atoms with E-state index in [0.29, 0.717) is 34.1 Å². The highest BCUT2D eigenvalue weighted by Crippen LogP contribution is 2.39. The number of aryl methyl sites for hydroxylation is 3. The van der Waals surface area contributed by atoms with E-state index in [1.807, 2.05) is 18.2 Å². The van der Waals surface area contributed by atoms with Crippen LogP contribution in [0.4, 0.5) is 0 Å². The summed E-state index contributed by atoms with van der Waals surface area (Å²) in [7, 11) is 1.39. The van der Waals surface area contributed by atoms with Gasteiger partial charge in [0.1, 0.15) is 48.8 Å². The highest BCUT2D eigenvalue weighted by Gasteiger charge is 2.36. The van der Waals surface area contributed by atoms with Gasteiger partial charge < -0.3 is 47.5 Å². The second-order valence-corrected chi connectivity index (χ2v) is 15.8. The highest BCUT2D eigenvalue weighted by molar-refractivity contribution is 6.00. The Morgan fingerprint density at radius 1 is 0.969 bits per heavy atom. The van der Waals surface area contributed by atoms with Gasteiger partial charge in [-0.2, -0.15) is 5.26 Å². The van der Waals surface area contributed by atoms with E-state index in [0.717, 1.165) is 36.1 Å². The summed E-state index contributed by atoms with van der Waals surface area (Å²) in [4.78, 5) is 80.4. The Morgan fingerprint density at radius 3 is 2.34 bits per heavy atom. The zero-order chi connectivity index (χ0) is 46.5. The number of likely N-dealkylation sites (N-methyl/N-ethyl adjacent to an activating group) is 1. The van der Waals surface area contributed by atoms with Crippen molar-refractivity contribution in [3.63, 3.8) is 0 Å². The summed E-state index contributed by atoms with van der Waals surface area (Å²) in [6.45, 7) is 6.95. The van der Waals surface area contributed by atoms with Gasteiger partial charge in [0.25, 0.3) is 5.91 Å². The minimum Gasteiger partial charge on any atom is -0.507 e. The number of aromatic hydroxyl groups is 1. The van der Waals surface area contributed by atoms with E-state index in [2.05, 4.69) is 50.3 Å². The molecule has 0 saturated carbocycles. The van der Waals surface area contributed by atoms with Crippen LogP contribution in [0.15, 0.2) is 60.7 Å². The first-order valence-electron chi connectivity index (χ1n) is 21.5. The number of amides is 5. The van der Waals surface area contributed by atoms with Gasteiger partial charge in [-0.05, 0) is 87.5 Å². The number of hydrogen-bond donors (Lipinski definition) is 7. The van der Waals surface area contributed by atoms with Gasteiger partial charge in [-0.15, -0.1) is 0 Å². The van der Waals surface area contributed by atoms with E-state index in [4.69, 9.17) is 21.5 Å². The number of nitrogens with zero attached hydrogens (tertiary/aromatic N) is 4. The molecule has 5 amide bonds. The number of rotatable bonds is 16. The van der Waals surface area contributed by atoms with Crippen LogP contribution < -0.4 is 37.5 Å². The molecule has 4 atom stereocenters. The molecule has 5 rings (SSSR count). The van der Waals surface area contributed by atoms with Crippen molar-refractivity contribution in [3.05, 3.63) is 94.3 Å². The van der Waals surface area contributed by atoms with Crippen molar-refractivity contribution in [1.82, 2.24) is 36.1 Å². The Morgan fingerprint density at radius 2 is 1.69 bits per heavy atom. The van der Waals surface area contributed by atoms with E-state index >= 15 is 0 Å². The van der Waals surface area contributed by atoms with E-state index < -0.39 is 53.7 Å². The number of benzene rings is 3. The number of fused-ring (bicyclic) bond motifs is 5. The Bertz CT molecular complexity index is 2360. The lowest BCUT2D eigenvalue weighted by molar-refractivity contribution is -0.141. The molecule has 0 radical (unpaired) electrons. The fourth-order valence-corrected chi connectivity index (χ4v) is 7.65. The number of ether oxygens (including phenoxy) is 1. The maximum atomic E-state index is 14.6. The second kappa shape index (κ2) is 22.5. The number of aromatic nitrogens is 2. The van der Waals surface area contributed by atoms with Crippen LogP contribution in [-0.4, -0.2) is 101 Å². The van der Waals surface area contributed by atoms with Gasteiger partial charge in [-0.3, -0.25) is 24.0 Å². The number of unbranched alkanes of at least 4 members (excludes halogenated alkanes) is 2. The van der Waals surface area contributed by atoms with Gasteiger partial charge in [0.15, 0.2) is 5.82 Å². The topological polar surface area (TPSA) is 268 Å². The Hall–Kier alpha value is -6.90. The lowest BCUT2D eigenvalue weighted by Gasteiger charge is -2.32. The minimum absolute atomic E-state index is 0.00324. The highest BCUT2D eigenvalue weighted by atomic mass is 16.5. The lowest BCUT2D eigenvalue weighted by atomic mass is 9.93. The standard InChI is InChI=1S/C47H58N10O7/c1-6-7-8-9-30-10-13-32(14-11-30)42-52-27(2)40(28(3)53-42)45(61)55-36(18-19-48)47(63)57(5)41-33-15-17-39(64-23-21-50)35(26-33)34-24-31(12-16-38(34)58)25-37(44(60)51-22-20-49)56-43(59)29(4)54-46(41)62/h10-17,24,26,29,36-37,41,58H,6-9,18-19,21-23,25,48,50H2,1-5H3,(H,51,60)(H,54,62)(H,55,61)(H,56,59)/t29-,36-,37-,41-/m0/s1. The van der Waals surface area contributed by atoms with E-state index in [1.54, 1.807) is 44.2 Å². The van der Waals surface area contributed by atoms with E-state index in [1.165, 1.54) is 25.6 Å². The number of carbonyl (C=O) groups is 5. The molecular formula is C47H58N10O7. The summed E-state index contributed by atoms with van der Waals surface area (Å²) in [6, 6.07) is 14.3. The molecule has 1 aromatic heterocycles. The predicted octanol–water partition coefficient (Wildman–Crippen LogP) is 3.04. The van der Waals surface area contributed by atoms with Crippen LogP contribution in [0.5, 0.6) is 11.5 Å². The Labute approximate surface area is 373 Å². The molecule has 2 heterocycles. The van der Waals surface area contributed by atoms with Crippen LogP contribution in [0.25, 0.3) is 22.5 Å². The van der Waals surface area contributed by atoms with Crippen molar-refractivity contribution in [2.45, 2.75) is 90.4 Å². The largest absolute Gasteiger partial charge is 0.507 e. The predicted molar refractivity (Wildman–Crippen MR) is 241 cm³/mol. The summed E-state index contributed by atoms with van der Waals surface area (Å²) in [6.07, 6.45) is 4.35. The van der Waals surface area contributed by atoms with Crippen LogP contribution in [0.1, 0.15) is 84.0 Å². The molecule has 3 aromatic carbocycles. The van der Waals surface area contributed by atoms with Gasteiger partial charge >= 0.3 is 0 Å². The van der Waals surface area contributed by atoms with Crippen molar-refractivity contribution in [3.8, 4) is 40.1 Å². The number of carbonyl (C=O) groups excluding carboxylic acids is 5. The van der Waals surface area contributed by atoms with Crippen molar-refractivity contribution in [2.75, 3.05) is 33.3 Å². The lowest BCUT2D eigenvalue weighted by Crippen LogP contribution is -2.56. The van der Waals surface area contributed by atoms with Crippen molar-refractivity contribution >= 4 is 29.5 Å². The summed E-state index contributed by atoms with van der Waals surface area (Å²) in [5.74, 6) is -2.82. The summed E-state index contributed by atoms with van der Waals surface area (Å²) >= 11 is 0. The SMILES string of the molecule is CCCCCc1ccc(-c2nc(C)c(C(=O)N[C@@H](CCN)C(=O)N(C)[C@@H]3C(=O)N[C@@H](C)C(=O)N[C@H](C(=O)NCC#N)Cc4ccc(O)c(c4)-c4cc3ccc4OCCN)c(C)n2)cc1. The van der Waals surface area contributed by atoms with Crippen LogP contribution in [0.2, 0.25) is 0 Å². The molecule has 4 aromatic rings. The average Bonchev–Trinajstić information content (AvgIpc) is 3.27. The molecule has 4 bridgehead atoms. The van der Waals surface area contributed by atoms with Gasteiger partial charge in [-0.25, -0.2) is 9.97 Å². The molecule has 9 N–H and O–H groups in total. The molecule has 0 aliphatic carbocycles. The normalized spacial score (nSPS) is 16.6. The summed E-state index contributed by atoms with van der Waals surface area (Å²) in [5, 5.41) is 30.9. The number of phenolic OH excluding ortho intramolecular Hbond substituents is 1. The van der Waals surface area contributed by atoms with Gasteiger partial charge in [-0.1, -0.05) is 56.2 Å². The number of nitrogens with one attached hydrogen (secondary N) is 4. The first-order valence-corrected chi connectivity index (χ1v) is 21.5. The van der Waals surface area contributed by atoms with Gasteiger partial charge in [0.05, 0.1) is 23.0 Å². The molecule has 0 unspecified atom stereocenters. The second-order valence-electron chi connectivity index (χ2n) is 15.8. The molecule has 17 heteroatoms. The fourth-order valence-electron chi connectivity index (χ4n) is 7.65. The third-order valence-electron chi connectivity index (χ3n) is 11.0. The Balaban J connectivity index is 1.51. The smallest absolute Gasteiger partial charge is 0.255 e. The van der Waals surface area contributed by atoms with Crippen LogP contribution in [0.3, 0.4) is 0 Å². The fraction of sp³-hybridized carbons (Fsp3) is 0.404. The maximum Gasteiger partial charge on any atom is 0.255 e. The molecule has 0 fully saturated rings. The van der Waals surface area contributed by atoms with Crippen LogP contribution in [0, 0.1) is 25.2 Å². The van der Waals surface area contributed by atoms with Crippen LogP contribution in [-0.2, 0) is 32.0 Å². The average molecular weight is 875 g/mol. The van der Waals surface area contributed by atoms with Gasteiger partial charge in [0, 0.05) is 36.7 Å². The number of nitriles is 1. The van der Waals surface area contributed by atoms with E-state index in [-0.39, 0.29) is 61.5 Å². The van der Waals surface area contributed by atoms with Gasteiger partial charge in [0.2, 0.25) is 23.6 Å². The third-order valence-corrected chi connectivity index (χ3v) is 11.0. The molecule has 64 heavy (non-hydrogen) atoms. The molecule has 17 nitrogen and oxygen atoms in total. The molecule has 1 aliphatic heterocycles. The zero-order valence-corrected chi connectivity index (χ0v) is 37.0. The molecule has 338 valence electrons. The monoisotopic (exact) mass is 874 g/mol.